The van der Waals surface area contributed by atoms with Crippen LogP contribution in [0.15, 0.2) is 63.9 Å². The minimum atomic E-state index is -0.390. The van der Waals surface area contributed by atoms with Gasteiger partial charge in [-0.2, -0.15) is 0 Å². The number of carbonyl (C=O) groups is 1. The summed E-state index contributed by atoms with van der Waals surface area (Å²) in [6.07, 6.45) is 3.34. The minimum absolute atomic E-state index is 0.281. The van der Waals surface area contributed by atoms with Crippen molar-refractivity contribution in [2.24, 2.45) is 4.99 Å². The number of aromatic amines is 1. The fourth-order valence-corrected chi connectivity index (χ4v) is 3.35. The molecule has 0 saturated heterocycles. The Labute approximate surface area is 150 Å². The lowest BCUT2D eigenvalue weighted by Crippen LogP contribution is -2.29. The first-order valence-corrected chi connectivity index (χ1v) is 8.57. The lowest BCUT2D eigenvalue weighted by Gasteiger charge is -2.06. The predicted octanol–water partition coefficient (Wildman–Crippen LogP) is 2.34. The Hall–Kier alpha value is -3.32. The van der Waals surface area contributed by atoms with Crippen molar-refractivity contribution >= 4 is 40.9 Å². The van der Waals surface area contributed by atoms with Gasteiger partial charge in [0.05, 0.1) is 10.2 Å². The summed E-state index contributed by atoms with van der Waals surface area (Å²) in [6.45, 7) is 0. The largest absolute Gasteiger partial charge is 0.340 e. The fourth-order valence-electron chi connectivity index (χ4n) is 2.60. The molecule has 2 N–H and O–H groups in total. The number of aromatic nitrogens is 1. The highest BCUT2D eigenvalue weighted by Crippen LogP contribution is 2.24. The average molecular weight is 365 g/mol. The van der Waals surface area contributed by atoms with E-state index in [1.54, 1.807) is 30.4 Å². The number of amides is 1. The molecule has 0 spiro atoms. The maximum Gasteiger partial charge on any atom is 0.306 e. The van der Waals surface area contributed by atoms with Crippen LogP contribution in [-0.2, 0) is 4.79 Å². The smallest absolute Gasteiger partial charge is 0.306 e. The molecule has 5 nitrogen and oxygen atoms in total. The molecule has 0 bridgehead atoms. The molecule has 0 aliphatic carbocycles. The van der Waals surface area contributed by atoms with Gasteiger partial charge in [-0.05, 0) is 36.4 Å². The Morgan fingerprint density at radius 2 is 1.96 bits per heavy atom. The van der Waals surface area contributed by atoms with Gasteiger partial charge in [-0.15, -0.1) is 0 Å². The highest BCUT2D eigenvalue weighted by Gasteiger charge is 2.13. The highest BCUT2D eigenvalue weighted by molar-refractivity contribution is 7.10. The number of fused-ring (bicyclic) bond motifs is 1. The number of hydrogen-bond donors (Lipinski definition) is 2. The van der Waals surface area contributed by atoms with E-state index in [-0.39, 0.29) is 10.8 Å². The third kappa shape index (κ3) is 3.25. The van der Waals surface area contributed by atoms with Crippen molar-refractivity contribution in [3.63, 3.8) is 0 Å². The summed E-state index contributed by atoms with van der Waals surface area (Å²) in [4.78, 5) is 31.0. The summed E-state index contributed by atoms with van der Waals surface area (Å²) in [6, 6.07) is 13.2. The first-order valence-electron chi connectivity index (χ1n) is 7.76. The second-order valence-electron chi connectivity index (χ2n) is 5.61. The van der Waals surface area contributed by atoms with Crippen LogP contribution >= 0.6 is 11.3 Å². The monoisotopic (exact) mass is 365 g/mol. The lowest BCUT2D eigenvalue weighted by atomic mass is 10.1. The zero-order valence-electron chi connectivity index (χ0n) is 13.3. The number of H-pyrrole nitrogens is 1. The molecule has 7 heteroatoms. The standard InChI is InChI=1S/C19H12FN3O2S/c20-13-5-3-6-14(10-13)21-17-16(26-19(25)23-17)9-12-8-11-4-1-2-7-15(11)22-18(12)24/h1-10,21H,(H,23,25)/b12-9+. The third-order valence-corrected chi connectivity index (χ3v) is 4.60. The molecule has 128 valence electrons. The van der Waals surface area contributed by atoms with Crippen molar-refractivity contribution in [1.29, 1.82) is 0 Å². The van der Waals surface area contributed by atoms with Gasteiger partial charge in [0.2, 0.25) is 0 Å². The quantitative estimate of drug-likeness (QED) is 0.700. The van der Waals surface area contributed by atoms with Crippen molar-refractivity contribution in [3.8, 4) is 0 Å². The Kier molecular flexibility index (Phi) is 4.06. The molecule has 2 heterocycles. The van der Waals surface area contributed by atoms with E-state index >= 15 is 0 Å². The number of para-hydroxylation sites is 1. The molecule has 0 saturated carbocycles. The average Bonchev–Trinajstić information content (AvgIpc) is 2.94. The number of halogens is 1. The summed E-state index contributed by atoms with van der Waals surface area (Å²) in [5.74, 6) is -0.363. The van der Waals surface area contributed by atoms with Gasteiger partial charge in [0.1, 0.15) is 11.6 Å². The second kappa shape index (κ2) is 6.53. The van der Waals surface area contributed by atoms with Crippen LogP contribution in [0.1, 0.15) is 4.88 Å². The zero-order chi connectivity index (χ0) is 18.1. The molecule has 2 aromatic carbocycles. The van der Waals surface area contributed by atoms with Gasteiger partial charge < -0.3 is 5.32 Å². The Morgan fingerprint density at radius 1 is 1.12 bits per heavy atom. The van der Waals surface area contributed by atoms with Gasteiger partial charge >= 0.3 is 4.87 Å². The molecule has 1 amide bonds. The van der Waals surface area contributed by atoms with Crippen molar-refractivity contribution in [1.82, 2.24) is 4.98 Å². The third-order valence-electron chi connectivity index (χ3n) is 3.77. The number of anilines is 2. The molecule has 1 aliphatic rings. The SMILES string of the molecule is O=C1N=c2ccccc2=C/C1=C\c1sc(=O)[nH]c1Nc1cccc(F)c1. The number of benzene rings is 2. The van der Waals surface area contributed by atoms with E-state index in [2.05, 4.69) is 15.3 Å². The Morgan fingerprint density at radius 3 is 2.81 bits per heavy atom. The molecule has 1 aliphatic heterocycles. The summed E-state index contributed by atoms with van der Waals surface area (Å²) in [7, 11) is 0. The molecule has 0 unspecified atom stereocenters. The maximum absolute atomic E-state index is 13.4. The van der Waals surface area contributed by atoms with E-state index in [1.165, 1.54) is 12.1 Å². The Balaban J connectivity index is 1.75. The topological polar surface area (TPSA) is 74.3 Å². The molecule has 0 fully saturated rings. The normalized spacial score (nSPS) is 14.5. The van der Waals surface area contributed by atoms with E-state index in [4.69, 9.17) is 0 Å². The van der Waals surface area contributed by atoms with Crippen molar-refractivity contribution < 1.29 is 9.18 Å². The van der Waals surface area contributed by atoms with Crippen LogP contribution in [0.25, 0.3) is 12.2 Å². The van der Waals surface area contributed by atoms with Gasteiger partial charge in [0.25, 0.3) is 5.91 Å². The van der Waals surface area contributed by atoms with Crippen molar-refractivity contribution in [3.05, 3.63) is 85.0 Å². The first-order chi connectivity index (χ1) is 12.6. The summed E-state index contributed by atoms with van der Waals surface area (Å²) < 4.78 is 13.4. The van der Waals surface area contributed by atoms with Gasteiger partial charge in [-0.3, -0.25) is 14.6 Å². The van der Waals surface area contributed by atoms with E-state index in [1.807, 2.05) is 18.2 Å². The van der Waals surface area contributed by atoms with Crippen LogP contribution in [0.5, 0.6) is 0 Å². The van der Waals surface area contributed by atoms with Crippen LogP contribution in [-0.4, -0.2) is 10.9 Å². The fraction of sp³-hybridized carbons (Fsp3) is 0. The number of nitrogens with zero attached hydrogens (tertiary/aromatic N) is 1. The van der Waals surface area contributed by atoms with E-state index < -0.39 is 5.82 Å². The molecular weight excluding hydrogens is 353 g/mol. The molecular formula is C19H12FN3O2S. The van der Waals surface area contributed by atoms with Crippen LogP contribution < -0.4 is 20.8 Å². The number of nitrogens with one attached hydrogen (secondary N) is 2. The van der Waals surface area contributed by atoms with E-state index in [0.717, 1.165) is 16.6 Å². The van der Waals surface area contributed by atoms with Crippen molar-refractivity contribution in [2.75, 3.05) is 5.32 Å². The van der Waals surface area contributed by atoms with Crippen LogP contribution in [0.4, 0.5) is 15.9 Å². The van der Waals surface area contributed by atoms with Gasteiger partial charge in [0.15, 0.2) is 0 Å². The molecule has 0 radical (unpaired) electrons. The van der Waals surface area contributed by atoms with Gasteiger partial charge in [0, 0.05) is 16.5 Å². The van der Waals surface area contributed by atoms with Crippen LogP contribution in [0.3, 0.4) is 0 Å². The Bertz CT molecular complexity index is 1220. The molecule has 4 rings (SSSR count). The molecule has 3 aromatic rings. The number of carbonyl (C=O) groups excluding carboxylic acids is 1. The second-order valence-corrected chi connectivity index (χ2v) is 6.62. The lowest BCUT2D eigenvalue weighted by molar-refractivity contribution is -0.114. The zero-order valence-corrected chi connectivity index (χ0v) is 14.1. The number of thiazole rings is 1. The van der Waals surface area contributed by atoms with Gasteiger partial charge in [-0.25, -0.2) is 9.38 Å². The van der Waals surface area contributed by atoms with Crippen LogP contribution in [0, 0.1) is 5.82 Å². The van der Waals surface area contributed by atoms with Crippen molar-refractivity contribution in [2.45, 2.75) is 0 Å². The predicted molar refractivity (Wildman–Crippen MR) is 99.3 cm³/mol. The molecule has 26 heavy (non-hydrogen) atoms. The maximum atomic E-state index is 13.4. The van der Waals surface area contributed by atoms with E-state index in [9.17, 15) is 14.0 Å². The first kappa shape index (κ1) is 16.2. The van der Waals surface area contributed by atoms with Crippen LogP contribution in [0.2, 0.25) is 0 Å². The van der Waals surface area contributed by atoms with Gasteiger partial charge in [-0.1, -0.05) is 35.6 Å². The minimum Gasteiger partial charge on any atom is -0.340 e. The molecule has 0 atom stereocenters. The summed E-state index contributed by atoms with van der Waals surface area (Å²) in [5, 5.41) is 4.43. The summed E-state index contributed by atoms with van der Waals surface area (Å²) in [5.41, 5.74) is 0.869. The molecule has 1 aromatic heterocycles. The number of rotatable bonds is 3. The summed E-state index contributed by atoms with van der Waals surface area (Å²) >= 11 is 0.957. The number of hydrogen-bond acceptors (Lipinski definition) is 4. The highest BCUT2D eigenvalue weighted by atomic mass is 32.1. The van der Waals surface area contributed by atoms with E-state index in [0.29, 0.717) is 27.3 Å².